The summed E-state index contributed by atoms with van der Waals surface area (Å²) in [6.07, 6.45) is 5.99. The Morgan fingerprint density at radius 3 is 2.71 bits per heavy atom. The fraction of sp³-hybridized carbons (Fsp3) is 0.346. The van der Waals surface area contributed by atoms with Crippen LogP contribution in [0, 0.1) is 0 Å². The molecule has 3 N–H and O–H groups in total. The van der Waals surface area contributed by atoms with Gasteiger partial charge in [-0.25, -0.2) is 15.8 Å². The zero-order chi connectivity index (χ0) is 26.6. The van der Waals surface area contributed by atoms with Gasteiger partial charge in [0, 0.05) is 37.2 Å². The van der Waals surface area contributed by atoms with Crippen LogP contribution in [-0.2, 0) is 13.6 Å². The number of ether oxygens (including phenoxy) is 1. The first-order valence-corrected chi connectivity index (χ1v) is 13.3. The lowest BCUT2D eigenvalue weighted by Gasteiger charge is -2.24. The quantitative estimate of drug-likeness (QED) is 0.173. The standard InChI is InChI=1S/C26H31N9O2S/c1-4-22(36)19-14-28-23(30-24-12-17(38-32-24)15-34-10-5-6-11-34)13-21(19)35(27)20-9-7-8-18(25(20)37-3)26-29-16-33(2)31-26/h7-9,12-14,16H,4-6,10-11,15,27H2,1-3H3,(H,28,30,32). The number of ketones is 1. The number of nitrogens with zero attached hydrogens (tertiary/aromatic N) is 7. The summed E-state index contributed by atoms with van der Waals surface area (Å²) in [5, 5.41) is 9.12. The number of benzene rings is 1. The summed E-state index contributed by atoms with van der Waals surface area (Å²) in [7, 11) is 3.37. The topological polar surface area (TPSA) is 127 Å². The van der Waals surface area contributed by atoms with E-state index in [4.69, 9.17) is 10.6 Å². The van der Waals surface area contributed by atoms with Crippen LogP contribution in [0.2, 0.25) is 0 Å². The highest BCUT2D eigenvalue weighted by Gasteiger charge is 2.22. The molecule has 0 spiro atoms. The van der Waals surface area contributed by atoms with E-state index < -0.39 is 0 Å². The van der Waals surface area contributed by atoms with Crippen LogP contribution in [0.25, 0.3) is 11.4 Å². The molecule has 0 saturated carbocycles. The van der Waals surface area contributed by atoms with Crippen LogP contribution >= 0.6 is 11.5 Å². The number of nitrogens with two attached hydrogens (primary N) is 1. The minimum absolute atomic E-state index is 0.0717. The summed E-state index contributed by atoms with van der Waals surface area (Å²) in [5.41, 5.74) is 2.15. The van der Waals surface area contributed by atoms with Gasteiger partial charge in [0.05, 0.1) is 23.9 Å². The zero-order valence-electron chi connectivity index (χ0n) is 21.7. The van der Waals surface area contributed by atoms with Crippen molar-refractivity contribution in [1.82, 2.24) is 29.0 Å². The summed E-state index contributed by atoms with van der Waals surface area (Å²) in [6, 6.07) is 9.34. The van der Waals surface area contributed by atoms with Crippen molar-refractivity contribution in [3.63, 3.8) is 0 Å². The summed E-state index contributed by atoms with van der Waals surface area (Å²) in [4.78, 5) is 25.3. The summed E-state index contributed by atoms with van der Waals surface area (Å²) >= 11 is 1.48. The molecule has 1 aliphatic heterocycles. The van der Waals surface area contributed by atoms with Crippen molar-refractivity contribution in [3.8, 4) is 17.1 Å². The number of hydrogen-bond acceptors (Lipinski definition) is 11. The first kappa shape index (κ1) is 25.8. The third kappa shape index (κ3) is 5.37. The van der Waals surface area contributed by atoms with Crippen molar-refractivity contribution < 1.29 is 9.53 Å². The van der Waals surface area contributed by atoms with Gasteiger partial charge in [0.25, 0.3) is 0 Å². The first-order chi connectivity index (χ1) is 18.5. The molecule has 3 aromatic heterocycles. The van der Waals surface area contributed by atoms with Gasteiger partial charge >= 0.3 is 0 Å². The smallest absolute Gasteiger partial charge is 0.184 e. The van der Waals surface area contributed by atoms with Crippen LogP contribution in [0.1, 0.15) is 41.4 Å². The van der Waals surface area contributed by atoms with Gasteiger partial charge in [-0.15, -0.1) is 0 Å². The molecule has 0 radical (unpaired) electrons. The third-order valence-corrected chi connectivity index (χ3v) is 7.22. The first-order valence-electron chi connectivity index (χ1n) is 12.5. The van der Waals surface area contributed by atoms with Gasteiger partial charge in [-0.05, 0) is 55.7 Å². The van der Waals surface area contributed by atoms with Crippen molar-refractivity contribution in [1.29, 1.82) is 0 Å². The highest BCUT2D eigenvalue weighted by molar-refractivity contribution is 7.06. The molecule has 198 valence electrons. The van der Waals surface area contributed by atoms with E-state index in [1.807, 2.05) is 31.2 Å². The average Bonchev–Trinajstić information content (AvgIpc) is 3.71. The van der Waals surface area contributed by atoms with Crippen LogP contribution < -0.4 is 20.9 Å². The number of Topliss-reactive ketones (excluding diaryl/α,β-unsaturated/α-hetero) is 1. The SMILES string of the molecule is CCC(=O)c1cnc(Nc2cc(CN3CCCC3)sn2)cc1N(N)c1cccc(-c2ncn(C)n2)c1OC. The molecule has 5 rings (SSSR count). The van der Waals surface area contributed by atoms with E-state index in [2.05, 4.69) is 29.7 Å². The molecular formula is C26H31N9O2S. The summed E-state index contributed by atoms with van der Waals surface area (Å²) < 4.78 is 11.9. The molecule has 0 bridgehead atoms. The number of methoxy groups -OCH3 is 1. The van der Waals surface area contributed by atoms with E-state index >= 15 is 0 Å². The third-order valence-electron chi connectivity index (χ3n) is 6.45. The molecule has 1 fully saturated rings. The molecule has 38 heavy (non-hydrogen) atoms. The number of pyridine rings is 1. The Labute approximate surface area is 225 Å². The molecule has 1 aromatic carbocycles. The molecule has 1 aliphatic rings. The minimum atomic E-state index is -0.0717. The number of aromatic nitrogens is 5. The summed E-state index contributed by atoms with van der Waals surface area (Å²) in [5.74, 6) is 8.85. The van der Waals surface area contributed by atoms with Gasteiger partial charge in [0.1, 0.15) is 23.7 Å². The van der Waals surface area contributed by atoms with Crippen LogP contribution in [0.5, 0.6) is 5.75 Å². The van der Waals surface area contributed by atoms with Crippen molar-refractivity contribution in [2.75, 3.05) is 30.5 Å². The Morgan fingerprint density at radius 1 is 1.18 bits per heavy atom. The van der Waals surface area contributed by atoms with Crippen LogP contribution in [0.3, 0.4) is 0 Å². The van der Waals surface area contributed by atoms with Gasteiger partial charge < -0.3 is 10.1 Å². The lowest BCUT2D eigenvalue weighted by molar-refractivity contribution is 0.0988. The molecule has 4 heterocycles. The highest BCUT2D eigenvalue weighted by atomic mass is 32.1. The molecule has 0 atom stereocenters. The highest BCUT2D eigenvalue weighted by Crippen LogP contribution is 2.40. The largest absolute Gasteiger partial charge is 0.494 e. The Bertz CT molecular complexity index is 1430. The normalized spacial score (nSPS) is 13.6. The van der Waals surface area contributed by atoms with Crippen molar-refractivity contribution in [2.24, 2.45) is 12.9 Å². The van der Waals surface area contributed by atoms with Gasteiger partial charge in [0.15, 0.2) is 17.4 Å². The van der Waals surface area contributed by atoms with Crippen LogP contribution in [0.4, 0.5) is 23.0 Å². The average molecular weight is 534 g/mol. The van der Waals surface area contributed by atoms with E-state index in [0.717, 1.165) is 19.6 Å². The minimum Gasteiger partial charge on any atom is -0.494 e. The maximum atomic E-state index is 12.8. The van der Waals surface area contributed by atoms with E-state index in [9.17, 15) is 4.79 Å². The molecule has 11 nitrogen and oxygen atoms in total. The van der Waals surface area contributed by atoms with Crippen molar-refractivity contribution in [3.05, 3.63) is 53.3 Å². The monoisotopic (exact) mass is 533 g/mol. The number of hydrogen-bond donors (Lipinski definition) is 2. The van der Waals surface area contributed by atoms with E-state index in [0.29, 0.717) is 52.1 Å². The van der Waals surface area contributed by atoms with Crippen LogP contribution in [0.15, 0.2) is 42.9 Å². The molecule has 0 aliphatic carbocycles. The van der Waals surface area contributed by atoms with Gasteiger partial charge in [-0.1, -0.05) is 13.0 Å². The molecule has 0 unspecified atom stereocenters. The number of likely N-dealkylation sites (tertiary alicyclic amines) is 1. The fourth-order valence-electron chi connectivity index (χ4n) is 4.55. The molecule has 1 saturated heterocycles. The van der Waals surface area contributed by atoms with E-state index in [1.54, 1.807) is 37.4 Å². The Kier molecular flexibility index (Phi) is 7.63. The predicted molar refractivity (Wildman–Crippen MR) is 148 cm³/mol. The molecular weight excluding hydrogens is 502 g/mol. The number of anilines is 4. The summed E-state index contributed by atoms with van der Waals surface area (Å²) in [6.45, 7) is 4.97. The number of carbonyl (C=O) groups excluding carboxylic acids is 1. The zero-order valence-corrected chi connectivity index (χ0v) is 22.5. The van der Waals surface area contributed by atoms with Crippen molar-refractivity contribution in [2.45, 2.75) is 32.7 Å². The number of carbonyl (C=O) groups is 1. The predicted octanol–water partition coefficient (Wildman–Crippen LogP) is 4.29. The van der Waals surface area contributed by atoms with E-state index in [1.165, 1.54) is 34.3 Å². The second-order valence-corrected chi connectivity index (χ2v) is 10.0. The Morgan fingerprint density at radius 2 is 2.00 bits per heavy atom. The lowest BCUT2D eigenvalue weighted by Crippen LogP contribution is -2.28. The molecule has 4 aromatic rings. The van der Waals surface area contributed by atoms with Gasteiger partial charge in [-0.3, -0.25) is 19.4 Å². The lowest BCUT2D eigenvalue weighted by atomic mass is 10.1. The Balaban J connectivity index is 1.47. The van der Waals surface area contributed by atoms with Crippen LogP contribution in [-0.4, -0.2) is 55.0 Å². The fourth-order valence-corrected chi connectivity index (χ4v) is 5.27. The number of nitrogens with one attached hydrogen (secondary N) is 1. The number of hydrazine groups is 1. The van der Waals surface area contributed by atoms with Gasteiger partial charge in [-0.2, -0.15) is 9.47 Å². The molecule has 0 amide bonds. The number of rotatable bonds is 10. The second-order valence-electron chi connectivity index (χ2n) is 9.12. The van der Waals surface area contributed by atoms with E-state index in [-0.39, 0.29) is 5.78 Å². The van der Waals surface area contributed by atoms with Crippen molar-refractivity contribution >= 4 is 40.3 Å². The maximum Gasteiger partial charge on any atom is 0.184 e. The molecule has 12 heteroatoms. The number of aryl methyl sites for hydroxylation is 1. The van der Waals surface area contributed by atoms with Gasteiger partial charge in [0.2, 0.25) is 0 Å². The Hall–Kier alpha value is -3.87. The second kappa shape index (κ2) is 11.3. The maximum absolute atomic E-state index is 12.8. The number of para-hydroxylation sites is 1.